The molecule has 0 saturated heterocycles. The fourth-order valence-corrected chi connectivity index (χ4v) is 9.61. The summed E-state index contributed by atoms with van der Waals surface area (Å²) >= 11 is 0. The van der Waals surface area contributed by atoms with Crippen LogP contribution in [0.25, 0.3) is 0 Å². The fourth-order valence-electron chi connectivity index (χ4n) is 9.61. The molecule has 2 nitrogen and oxygen atoms in total. The van der Waals surface area contributed by atoms with Gasteiger partial charge in [-0.3, -0.25) is 0 Å². The van der Waals surface area contributed by atoms with Crippen LogP contribution in [0.3, 0.4) is 0 Å². The van der Waals surface area contributed by atoms with Gasteiger partial charge in [0.25, 0.3) is 0 Å². The Morgan fingerprint density at radius 3 is 0.667 bits per heavy atom. The second-order valence-corrected chi connectivity index (χ2v) is 19.7. The normalized spacial score (nSPS) is 11.7. The molecule has 1 aromatic rings. The lowest BCUT2D eigenvalue weighted by Crippen LogP contribution is -2.11. The van der Waals surface area contributed by atoms with Crippen molar-refractivity contribution in [2.75, 3.05) is 0 Å². The molecule has 1 rings (SSSR count). The van der Waals surface area contributed by atoms with Crippen LogP contribution in [-0.2, 0) is 25.7 Å². The van der Waals surface area contributed by atoms with E-state index in [1.165, 1.54) is 307 Å². The van der Waals surface area contributed by atoms with Gasteiger partial charge in [-0.15, -0.1) is 0 Å². The average molecular weight is 837 g/mol. The second kappa shape index (κ2) is 47.6. The lowest BCUT2D eigenvalue weighted by atomic mass is 9.96. The molecule has 0 aliphatic carbocycles. The first-order chi connectivity index (χ1) is 29.8. The highest BCUT2D eigenvalue weighted by Crippen LogP contribution is 2.23. The molecule has 353 valence electrons. The van der Waals surface area contributed by atoms with E-state index in [9.17, 15) is 0 Å². The Balaban J connectivity index is 2.49. The summed E-state index contributed by atoms with van der Waals surface area (Å²) in [7, 11) is 0. The summed E-state index contributed by atoms with van der Waals surface area (Å²) in [6.07, 6.45) is 69.5. The van der Waals surface area contributed by atoms with Crippen LogP contribution in [0.1, 0.15) is 339 Å². The highest BCUT2D eigenvalue weighted by molar-refractivity contribution is 5.27. The Morgan fingerprint density at radius 1 is 0.250 bits per heavy atom. The zero-order valence-corrected chi connectivity index (χ0v) is 42.0. The van der Waals surface area contributed by atoms with Crippen molar-refractivity contribution >= 4 is 0 Å². The summed E-state index contributed by atoms with van der Waals surface area (Å²) in [5.74, 6) is 1.08. The zero-order chi connectivity index (χ0) is 43.1. The average Bonchev–Trinajstić information content (AvgIpc) is 3.25. The Kier molecular flexibility index (Phi) is 45.3. The third kappa shape index (κ3) is 37.6. The first kappa shape index (κ1) is 57.1. The van der Waals surface area contributed by atoms with Crippen LogP contribution >= 0.6 is 0 Å². The number of aryl methyl sites for hydroxylation is 3. The molecular weight excluding hydrogens is 725 g/mol. The predicted molar refractivity (Wildman–Crippen MR) is 272 cm³/mol. The van der Waals surface area contributed by atoms with E-state index in [0.29, 0.717) is 0 Å². The highest BCUT2D eigenvalue weighted by atomic mass is 14.9. The first-order valence-corrected chi connectivity index (χ1v) is 28.4. The summed E-state index contributed by atoms with van der Waals surface area (Å²) in [5, 5.41) is 0. The lowest BCUT2D eigenvalue weighted by molar-refractivity contribution is 0.528. The molecule has 0 aliphatic rings. The number of nitrogens with zero attached hydrogens (tertiary/aromatic N) is 2. The maximum Gasteiger partial charge on any atom is 0.128 e. The zero-order valence-electron chi connectivity index (χ0n) is 42.0. The molecule has 0 aliphatic heterocycles. The monoisotopic (exact) mass is 836 g/mol. The molecule has 0 unspecified atom stereocenters. The van der Waals surface area contributed by atoms with Crippen LogP contribution in [-0.4, -0.2) is 9.97 Å². The van der Waals surface area contributed by atoms with Crippen molar-refractivity contribution in [3.63, 3.8) is 0 Å². The van der Waals surface area contributed by atoms with Gasteiger partial charge >= 0.3 is 0 Å². The van der Waals surface area contributed by atoms with Crippen molar-refractivity contribution in [2.45, 2.75) is 342 Å². The molecule has 1 aromatic heterocycles. The van der Waals surface area contributed by atoms with E-state index in [1.54, 1.807) is 5.56 Å². The van der Waals surface area contributed by atoms with Gasteiger partial charge in [0.2, 0.25) is 0 Å². The largest absolute Gasteiger partial charge is 0.238 e. The van der Waals surface area contributed by atoms with Gasteiger partial charge in [0.15, 0.2) is 0 Å². The molecule has 0 amide bonds. The maximum atomic E-state index is 5.29. The Labute approximate surface area is 380 Å². The Morgan fingerprint density at radius 2 is 0.450 bits per heavy atom. The molecular formula is C58H111N2. The lowest BCUT2D eigenvalue weighted by Gasteiger charge is -2.16. The fraction of sp³-hybridized carbons (Fsp3) is 0.914. The molecule has 0 atom stereocenters. The minimum atomic E-state index is 0.898. The SMILES string of the molecule is [CH2]CCc1nc(CCCCCCCCCCCCCCCCC)c(CCCCCCCCCCCCCCCCC)c(CCCCCCCCCCCCCCCCC)n1. The first-order valence-electron chi connectivity index (χ1n) is 28.4. The second-order valence-electron chi connectivity index (χ2n) is 19.7. The molecule has 0 aromatic carbocycles. The van der Waals surface area contributed by atoms with Crippen LogP contribution in [0.2, 0.25) is 0 Å². The van der Waals surface area contributed by atoms with Crippen LogP contribution in [0, 0.1) is 6.92 Å². The van der Waals surface area contributed by atoms with Crippen LogP contribution in [0.5, 0.6) is 0 Å². The van der Waals surface area contributed by atoms with Gasteiger partial charge in [0.05, 0.1) is 0 Å². The Hall–Kier alpha value is -0.920. The summed E-state index contributed by atoms with van der Waals surface area (Å²) in [6, 6.07) is 0. The molecule has 1 heterocycles. The van der Waals surface area contributed by atoms with E-state index >= 15 is 0 Å². The van der Waals surface area contributed by atoms with Crippen molar-refractivity contribution < 1.29 is 0 Å². The third-order valence-electron chi connectivity index (χ3n) is 13.7. The van der Waals surface area contributed by atoms with Gasteiger partial charge in [0.1, 0.15) is 5.82 Å². The van der Waals surface area contributed by atoms with Crippen molar-refractivity contribution in [3.8, 4) is 0 Å². The van der Waals surface area contributed by atoms with Gasteiger partial charge in [-0.25, -0.2) is 9.97 Å². The molecule has 60 heavy (non-hydrogen) atoms. The number of aromatic nitrogens is 2. The minimum absolute atomic E-state index is 0.898. The Bertz CT molecular complexity index is 914. The molecule has 1 radical (unpaired) electrons. The number of rotatable bonds is 50. The molecule has 0 saturated carbocycles. The summed E-state index contributed by atoms with van der Waals surface area (Å²) in [6.45, 7) is 11.1. The standard InChI is InChI=1S/C58H111N2/c1-5-9-12-15-18-21-24-27-30-33-36-39-42-45-48-52-55-56(53-49-46-43-40-37-34-31-28-25-22-19-16-13-10-6-2)59-58(51-8-4)60-57(55)54-50-47-44-41-38-35-32-29-26-23-20-17-14-11-7-3/h4-54H2,1-3H3. The van der Waals surface area contributed by atoms with Gasteiger partial charge < -0.3 is 0 Å². The van der Waals surface area contributed by atoms with E-state index in [1.807, 2.05) is 0 Å². The predicted octanol–water partition coefficient (Wildman–Crippen LogP) is 20.5. The summed E-state index contributed by atoms with van der Waals surface area (Å²) in [4.78, 5) is 10.6. The summed E-state index contributed by atoms with van der Waals surface area (Å²) < 4.78 is 0. The van der Waals surface area contributed by atoms with Crippen LogP contribution < -0.4 is 0 Å². The molecule has 0 fully saturated rings. The van der Waals surface area contributed by atoms with Gasteiger partial charge in [-0.1, -0.05) is 297 Å². The van der Waals surface area contributed by atoms with E-state index in [2.05, 4.69) is 27.7 Å². The van der Waals surface area contributed by atoms with Crippen molar-refractivity contribution in [3.05, 3.63) is 29.7 Å². The topological polar surface area (TPSA) is 25.8 Å². The van der Waals surface area contributed by atoms with E-state index < -0.39 is 0 Å². The van der Waals surface area contributed by atoms with Crippen LogP contribution in [0.15, 0.2) is 0 Å². The van der Waals surface area contributed by atoms with Crippen molar-refractivity contribution in [1.82, 2.24) is 9.97 Å². The minimum Gasteiger partial charge on any atom is -0.238 e. The number of hydrogen-bond donors (Lipinski definition) is 0. The quantitative estimate of drug-likeness (QED) is 0.0611. The number of unbranched alkanes of at least 4 members (excludes halogenated alkanes) is 42. The van der Waals surface area contributed by atoms with Gasteiger partial charge in [0, 0.05) is 17.8 Å². The van der Waals surface area contributed by atoms with Gasteiger partial charge in [-0.2, -0.15) is 0 Å². The summed E-state index contributed by atoms with van der Waals surface area (Å²) in [5.41, 5.74) is 4.40. The van der Waals surface area contributed by atoms with E-state index in [0.717, 1.165) is 31.5 Å². The third-order valence-corrected chi connectivity index (χ3v) is 13.7. The van der Waals surface area contributed by atoms with Crippen molar-refractivity contribution in [2.24, 2.45) is 0 Å². The molecule has 2 heteroatoms. The molecule has 0 N–H and O–H groups in total. The maximum absolute atomic E-state index is 5.29. The molecule has 0 bridgehead atoms. The van der Waals surface area contributed by atoms with Crippen LogP contribution in [0.4, 0.5) is 0 Å². The molecule has 0 spiro atoms. The smallest absolute Gasteiger partial charge is 0.128 e. The van der Waals surface area contributed by atoms with Crippen molar-refractivity contribution in [1.29, 1.82) is 0 Å². The number of hydrogen-bond acceptors (Lipinski definition) is 2. The highest BCUT2D eigenvalue weighted by Gasteiger charge is 2.15. The van der Waals surface area contributed by atoms with Gasteiger partial charge in [-0.05, 0) is 50.5 Å². The van der Waals surface area contributed by atoms with E-state index in [-0.39, 0.29) is 0 Å². The van der Waals surface area contributed by atoms with E-state index in [4.69, 9.17) is 9.97 Å².